The summed E-state index contributed by atoms with van der Waals surface area (Å²) in [4.78, 5) is 27.8. The Kier molecular flexibility index (Phi) is 5.01. The molecule has 1 aliphatic heterocycles. The Hall–Kier alpha value is -3.28. The third-order valence-electron chi connectivity index (χ3n) is 5.28. The van der Waals surface area contributed by atoms with Crippen LogP contribution in [0.5, 0.6) is 0 Å². The number of hydrogen-bond acceptors (Lipinski definition) is 2. The first-order valence-electron chi connectivity index (χ1n) is 9.50. The fourth-order valence-electron chi connectivity index (χ4n) is 3.82. The zero-order chi connectivity index (χ0) is 20.5. The molecule has 0 N–H and O–H groups in total. The molecular weight excluding hydrogens is 374 g/mol. The molecule has 0 saturated carbocycles. The molecule has 0 bridgehead atoms. The topological polar surface area (TPSA) is 42.3 Å². The molecule has 1 atom stereocenters. The number of rotatable bonds is 3. The van der Waals surface area contributed by atoms with Crippen LogP contribution in [-0.2, 0) is 13.0 Å². The number of nitrogens with zero attached hydrogens (tertiary/aromatic N) is 2. The molecule has 2 heterocycles. The van der Waals surface area contributed by atoms with Gasteiger partial charge in [-0.3, -0.25) is 9.59 Å². The highest BCUT2D eigenvalue weighted by Gasteiger charge is 2.30. The molecule has 2 aromatic carbocycles. The van der Waals surface area contributed by atoms with E-state index in [2.05, 4.69) is 0 Å². The Morgan fingerprint density at radius 1 is 1.07 bits per heavy atom. The van der Waals surface area contributed by atoms with E-state index in [0.717, 1.165) is 5.56 Å². The van der Waals surface area contributed by atoms with Crippen LogP contribution < -0.4 is 10.5 Å². The summed E-state index contributed by atoms with van der Waals surface area (Å²) in [6.07, 6.45) is 2.94. The quantitative estimate of drug-likeness (QED) is 0.670. The molecular formula is C23H20F2N2O2. The number of anilines is 1. The molecule has 4 nitrogen and oxygen atoms in total. The van der Waals surface area contributed by atoms with Gasteiger partial charge in [-0.2, -0.15) is 0 Å². The van der Waals surface area contributed by atoms with Gasteiger partial charge in [-0.05, 0) is 73.4 Å². The lowest BCUT2D eigenvalue weighted by molar-refractivity contribution is 0.0973. The first kappa shape index (κ1) is 19.1. The van der Waals surface area contributed by atoms with E-state index in [1.165, 1.54) is 34.9 Å². The highest BCUT2D eigenvalue weighted by molar-refractivity contribution is 6.06. The Morgan fingerprint density at radius 3 is 2.66 bits per heavy atom. The summed E-state index contributed by atoms with van der Waals surface area (Å²) in [6.45, 7) is 2.08. The third-order valence-corrected chi connectivity index (χ3v) is 5.28. The monoisotopic (exact) mass is 394 g/mol. The van der Waals surface area contributed by atoms with Gasteiger partial charge >= 0.3 is 0 Å². The van der Waals surface area contributed by atoms with Crippen molar-refractivity contribution in [2.75, 3.05) is 4.90 Å². The van der Waals surface area contributed by atoms with Crippen molar-refractivity contribution in [2.45, 2.75) is 32.4 Å². The number of pyridine rings is 1. The average molecular weight is 394 g/mol. The average Bonchev–Trinajstić information content (AvgIpc) is 2.69. The standard InChI is InChI=1S/C23H20F2N2O2/c1-15-7-8-17-13-19(25)9-10-21(17)27(15)23(29)20-6-3-11-26(22(20)28)14-16-4-2-5-18(24)12-16/h2-6,9-13,15H,7-8,14H2,1H3/t15-/m1/s1. The molecule has 1 aromatic heterocycles. The molecule has 29 heavy (non-hydrogen) atoms. The summed E-state index contributed by atoms with van der Waals surface area (Å²) in [5.41, 5.74) is 1.61. The minimum absolute atomic E-state index is 0.0351. The number of benzene rings is 2. The highest BCUT2D eigenvalue weighted by Crippen LogP contribution is 2.32. The number of hydrogen-bond donors (Lipinski definition) is 0. The molecule has 0 fully saturated rings. The zero-order valence-corrected chi connectivity index (χ0v) is 15.9. The van der Waals surface area contributed by atoms with Gasteiger partial charge in [0.25, 0.3) is 11.5 Å². The summed E-state index contributed by atoms with van der Waals surface area (Å²) < 4.78 is 28.5. The smallest absolute Gasteiger partial charge is 0.264 e. The van der Waals surface area contributed by atoms with E-state index in [1.54, 1.807) is 35.4 Å². The van der Waals surface area contributed by atoms with Crippen LogP contribution in [0.3, 0.4) is 0 Å². The zero-order valence-electron chi connectivity index (χ0n) is 15.9. The third kappa shape index (κ3) is 3.70. The van der Waals surface area contributed by atoms with Crippen LogP contribution in [0.15, 0.2) is 65.6 Å². The van der Waals surface area contributed by atoms with Crippen LogP contribution in [0.4, 0.5) is 14.5 Å². The Morgan fingerprint density at radius 2 is 1.86 bits per heavy atom. The van der Waals surface area contributed by atoms with Crippen LogP contribution in [0, 0.1) is 11.6 Å². The predicted octanol–water partition coefficient (Wildman–Crippen LogP) is 4.16. The highest BCUT2D eigenvalue weighted by atomic mass is 19.1. The van der Waals surface area contributed by atoms with Crippen molar-refractivity contribution >= 4 is 11.6 Å². The Balaban J connectivity index is 1.71. The molecule has 0 spiro atoms. The van der Waals surface area contributed by atoms with E-state index >= 15 is 0 Å². The van der Waals surface area contributed by atoms with Crippen molar-refractivity contribution in [3.63, 3.8) is 0 Å². The minimum atomic E-state index is -0.441. The summed E-state index contributed by atoms with van der Waals surface area (Å²) >= 11 is 0. The lowest BCUT2D eigenvalue weighted by Gasteiger charge is -2.35. The molecule has 4 rings (SSSR count). The molecule has 148 valence electrons. The molecule has 3 aromatic rings. The first-order valence-corrected chi connectivity index (χ1v) is 9.50. The maximum absolute atomic E-state index is 13.6. The number of halogens is 2. The van der Waals surface area contributed by atoms with Crippen LogP contribution in [0.2, 0.25) is 0 Å². The maximum Gasteiger partial charge on any atom is 0.264 e. The Labute approximate surface area is 167 Å². The van der Waals surface area contributed by atoms with Gasteiger partial charge < -0.3 is 9.47 Å². The van der Waals surface area contributed by atoms with E-state index in [4.69, 9.17) is 0 Å². The molecule has 1 aliphatic rings. The van der Waals surface area contributed by atoms with Crippen molar-refractivity contribution in [3.8, 4) is 0 Å². The molecule has 0 aliphatic carbocycles. The van der Waals surface area contributed by atoms with Crippen molar-refractivity contribution < 1.29 is 13.6 Å². The number of carbonyl (C=O) groups excluding carboxylic acids is 1. The number of carbonyl (C=O) groups is 1. The Bertz CT molecular complexity index is 1140. The van der Waals surface area contributed by atoms with E-state index in [-0.39, 0.29) is 29.8 Å². The van der Waals surface area contributed by atoms with Crippen LogP contribution in [-0.4, -0.2) is 16.5 Å². The minimum Gasteiger partial charge on any atom is -0.310 e. The summed E-state index contributed by atoms with van der Waals surface area (Å²) in [5, 5.41) is 0. The van der Waals surface area contributed by atoms with E-state index in [1.807, 2.05) is 6.92 Å². The van der Waals surface area contributed by atoms with Gasteiger partial charge in [0.1, 0.15) is 17.2 Å². The second kappa shape index (κ2) is 7.62. The van der Waals surface area contributed by atoms with E-state index < -0.39 is 11.5 Å². The van der Waals surface area contributed by atoms with Crippen LogP contribution >= 0.6 is 0 Å². The SMILES string of the molecule is C[C@@H]1CCc2cc(F)ccc2N1C(=O)c1cccn(Cc2cccc(F)c2)c1=O. The lowest BCUT2D eigenvalue weighted by atomic mass is 9.95. The van der Waals surface area contributed by atoms with Crippen molar-refractivity contribution in [2.24, 2.45) is 0 Å². The van der Waals surface area contributed by atoms with Gasteiger partial charge in [0.2, 0.25) is 0 Å². The van der Waals surface area contributed by atoms with Crippen molar-refractivity contribution in [3.05, 3.63) is 99.5 Å². The number of aromatic nitrogens is 1. The van der Waals surface area contributed by atoms with E-state index in [9.17, 15) is 18.4 Å². The van der Waals surface area contributed by atoms with Crippen molar-refractivity contribution in [1.82, 2.24) is 4.57 Å². The summed E-state index contributed by atoms with van der Waals surface area (Å²) in [7, 11) is 0. The fraction of sp³-hybridized carbons (Fsp3) is 0.217. The van der Waals surface area contributed by atoms with Gasteiger partial charge in [-0.15, -0.1) is 0 Å². The van der Waals surface area contributed by atoms with Gasteiger partial charge in [0, 0.05) is 17.9 Å². The molecule has 6 heteroatoms. The molecule has 0 saturated heterocycles. The summed E-state index contributed by atoms with van der Waals surface area (Å²) in [5.74, 6) is -1.14. The van der Waals surface area contributed by atoms with Gasteiger partial charge in [0.05, 0.1) is 6.54 Å². The van der Waals surface area contributed by atoms with Crippen LogP contribution in [0.1, 0.15) is 34.8 Å². The fourth-order valence-corrected chi connectivity index (χ4v) is 3.82. The predicted molar refractivity (Wildman–Crippen MR) is 107 cm³/mol. The second-order valence-corrected chi connectivity index (χ2v) is 7.32. The van der Waals surface area contributed by atoms with Gasteiger partial charge in [0.15, 0.2) is 0 Å². The van der Waals surface area contributed by atoms with E-state index in [0.29, 0.717) is 24.1 Å². The second-order valence-electron chi connectivity index (χ2n) is 7.32. The molecule has 0 radical (unpaired) electrons. The summed E-state index contributed by atoms with van der Waals surface area (Å²) in [6, 6.07) is 13.4. The normalized spacial score (nSPS) is 15.8. The van der Waals surface area contributed by atoms with Gasteiger partial charge in [-0.25, -0.2) is 8.78 Å². The number of amides is 1. The number of aryl methyl sites for hydroxylation is 1. The van der Waals surface area contributed by atoms with Crippen molar-refractivity contribution in [1.29, 1.82) is 0 Å². The largest absolute Gasteiger partial charge is 0.310 e. The lowest BCUT2D eigenvalue weighted by Crippen LogP contribution is -2.44. The molecule has 0 unspecified atom stereocenters. The number of fused-ring (bicyclic) bond motifs is 1. The van der Waals surface area contributed by atoms with Gasteiger partial charge in [-0.1, -0.05) is 12.1 Å². The molecule has 1 amide bonds. The van der Waals surface area contributed by atoms with Crippen LogP contribution in [0.25, 0.3) is 0 Å². The maximum atomic E-state index is 13.6. The first-order chi connectivity index (χ1) is 13.9.